The van der Waals surface area contributed by atoms with Crippen molar-refractivity contribution in [3.05, 3.63) is 58.8 Å². The fourth-order valence-electron chi connectivity index (χ4n) is 3.41. The molecule has 3 rings (SSSR count). The van der Waals surface area contributed by atoms with Crippen LogP contribution in [0.5, 0.6) is 0 Å². The van der Waals surface area contributed by atoms with Crippen molar-refractivity contribution in [2.45, 2.75) is 19.6 Å². The average Bonchev–Trinajstić information content (AvgIpc) is 2.64. The predicted molar refractivity (Wildman–Crippen MR) is 93.6 cm³/mol. The third-order valence-corrected chi connectivity index (χ3v) is 4.68. The number of carbonyl (C=O) groups is 1. The number of morpholine rings is 1. The average molecular weight is 362 g/mol. The maximum Gasteiger partial charge on any atom is 0.341 e. The quantitative estimate of drug-likeness (QED) is 0.866. The molecule has 26 heavy (non-hydrogen) atoms. The lowest BCUT2D eigenvalue weighted by molar-refractivity contribution is -0.133. The van der Waals surface area contributed by atoms with Gasteiger partial charge >= 0.3 is 5.97 Å². The topological polar surface area (TPSA) is 62.2 Å². The Hall–Kier alpha value is -2.38. The van der Waals surface area contributed by atoms with Crippen molar-refractivity contribution in [3.8, 4) is 0 Å². The molecule has 0 spiro atoms. The number of ether oxygens (including phenoxy) is 2. The SMILES string of the molecule is COC1=C(C(=O)O)C(C)=CC(N2CCOCC2)N1Cc1ccc(F)cc1. The summed E-state index contributed by atoms with van der Waals surface area (Å²) in [5.41, 5.74) is 1.69. The fraction of sp³-hybridized carbons (Fsp3) is 0.421. The highest BCUT2D eigenvalue weighted by Gasteiger charge is 2.35. The Labute approximate surface area is 152 Å². The Bertz CT molecular complexity index is 724. The summed E-state index contributed by atoms with van der Waals surface area (Å²) in [5, 5.41) is 9.64. The number of nitrogens with zero attached hydrogens (tertiary/aromatic N) is 2. The van der Waals surface area contributed by atoms with Crippen LogP contribution in [-0.4, -0.2) is 60.5 Å². The second kappa shape index (κ2) is 7.88. The minimum Gasteiger partial charge on any atom is -0.482 e. The van der Waals surface area contributed by atoms with Crippen LogP contribution in [-0.2, 0) is 20.8 Å². The molecule has 2 aliphatic rings. The second-order valence-electron chi connectivity index (χ2n) is 6.36. The van der Waals surface area contributed by atoms with Gasteiger partial charge in [0.25, 0.3) is 0 Å². The van der Waals surface area contributed by atoms with Crippen molar-refractivity contribution in [1.82, 2.24) is 9.80 Å². The Morgan fingerprint density at radius 3 is 2.54 bits per heavy atom. The second-order valence-corrected chi connectivity index (χ2v) is 6.36. The van der Waals surface area contributed by atoms with Crippen LogP contribution in [0.1, 0.15) is 12.5 Å². The van der Waals surface area contributed by atoms with Gasteiger partial charge in [0.15, 0.2) is 0 Å². The number of methoxy groups -OCH3 is 1. The van der Waals surface area contributed by atoms with E-state index in [1.165, 1.54) is 19.2 Å². The molecule has 1 aromatic rings. The number of benzene rings is 1. The molecule has 1 unspecified atom stereocenters. The summed E-state index contributed by atoms with van der Waals surface area (Å²) in [6.45, 7) is 4.94. The van der Waals surface area contributed by atoms with Crippen molar-refractivity contribution >= 4 is 5.97 Å². The van der Waals surface area contributed by atoms with E-state index in [0.29, 0.717) is 31.2 Å². The lowest BCUT2D eigenvalue weighted by atomic mass is 10.0. The summed E-state index contributed by atoms with van der Waals surface area (Å²) in [5.74, 6) is -1.01. The van der Waals surface area contributed by atoms with Crippen molar-refractivity contribution in [2.24, 2.45) is 0 Å². The maximum atomic E-state index is 13.2. The zero-order valence-electron chi connectivity index (χ0n) is 14.9. The molecule has 1 fully saturated rings. The van der Waals surface area contributed by atoms with E-state index in [2.05, 4.69) is 4.90 Å². The molecule has 1 atom stereocenters. The van der Waals surface area contributed by atoms with Crippen LogP contribution in [0.4, 0.5) is 4.39 Å². The highest BCUT2D eigenvalue weighted by molar-refractivity contribution is 5.92. The van der Waals surface area contributed by atoms with E-state index < -0.39 is 5.97 Å². The van der Waals surface area contributed by atoms with E-state index in [1.54, 1.807) is 19.1 Å². The Morgan fingerprint density at radius 1 is 1.31 bits per heavy atom. The van der Waals surface area contributed by atoms with Crippen LogP contribution < -0.4 is 0 Å². The first-order chi connectivity index (χ1) is 12.5. The third kappa shape index (κ3) is 3.73. The highest BCUT2D eigenvalue weighted by atomic mass is 19.1. The van der Waals surface area contributed by atoms with E-state index in [1.807, 2.05) is 11.0 Å². The fourth-order valence-corrected chi connectivity index (χ4v) is 3.41. The van der Waals surface area contributed by atoms with Crippen LogP contribution in [0.25, 0.3) is 0 Å². The predicted octanol–water partition coefficient (Wildman–Crippen LogP) is 2.19. The Balaban J connectivity index is 1.99. The summed E-state index contributed by atoms with van der Waals surface area (Å²) in [6.07, 6.45) is 1.79. The van der Waals surface area contributed by atoms with Gasteiger partial charge in [0.2, 0.25) is 5.88 Å². The van der Waals surface area contributed by atoms with E-state index in [9.17, 15) is 14.3 Å². The molecule has 140 valence electrons. The van der Waals surface area contributed by atoms with Crippen molar-refractivity contribution < 1.29 is 23.8 Å². The number of hydrogen-bond donors (Lipinski definition) is 1. The summed E-state index contributed by atoms with van der Waals surface area (Å²) in [4.78, 5) is 15.9. The molecule has 7 heteroatoms. The molecule has 0 saturated carbocycles. The number of rotatable bonds is 5. The maximum absolute atomic E-state index is 13.2. The van der Waals surface area contributed by atoms with Gasteiger partial charge in [0.05, 0.1) is 20.3 Å². The summed E-state index contributed by atoms with van der Waals surface area (Å²) < 4.78 is 24.2. The van der Waals surface area contributed by atoms with E-state index >= 15 is 0 Å². The minimum absolute atomic E-state index is 0.151. The van der Waals surface area contributed by atoms with Gasteiger partial charge in [-0.3, -0.25) is 4.90 Å². The lowest BCUT2D eigenvalue weighted by Gasteiger charge is -2.43. The number of carboxylic acid groups (broad SMARTS) is 1. The number of aliphatic carboxylic acids is 1. The van der Waals surface area contributed by atoms with Gasteiger partial charge in [-0.1, -0.05) is 12.1 Å². The molecule has 0 radical (unpaired) electrons. The zero-order chi connectivity index (χ0) is 18.7. The standard InChI is InChI=1S/C19H23FN2O4/c1-13-11-16(21-7-9-26-10-8-21)22(18(25-2)17(13)19(23)24)12-14-3-5-15(20)6-4-14/h3-6,11,16H,7-10,12H2,1-2H3,(H,23,24). The first-order valence-corrected chi connectivity index (χ1v) is 8.54. The van der Waals surface area contributed by atoms with Crippen LogP contribution in [0, 0.1) is 5.82 Å². The Kier molecular flexibility index (Phi) is 5.58. The van der Waals surface area contributed by atoms with Gasteiger partial charge in [0.1, 0.15) is 17.6 Å². The molecule has 2 aliphatic heterocycles. The van der Waals surface area contributed by atoms with Gasteiger partial charge in [-0.2, -0.15) is 0 Å². The van der Waals surface area contributed by atoms with E-state index in [0.717, 1.165) is 18.7 Å². The minimum atomic E-state index is -1.03. The van der Waals surface area contributed by atoms with Gasteiger partial charge in [-0.15, -0.1) is 0 Å². The molecule has 2 heterocycles. The van der Waals surface area contributed by atoms with Crippen LogP contribution >= 0.6 is 0 Å². The summed E-state index contributed by atoms with van der Waals surface area (Å²) in [7, 11) is 1.48. The van der Waals surface area contributed by atoms with Crippen LogP contribution in [0.2, 0.25) is 0 Å². The molecule has 0 aromatic heterocycles. The molecule has 1 aromatic carbocycles. The monoisotopic (exact) mass is 362 g/mol. The smallest absolute Gasteiger partial charge is 0.341 e. The summed E-state index contributed by atoms with van der Waals surface area (Å²) >= 11 is 0. The molecular weight excluding hydrogens is 339 g/mol. The van der Waals surface area contributed by atoms with Gasteiger partial charge in [-0.25, -0.2) is 9.18 Å². The largest absolute Gasteiger partial charge is 0.482 e. The van der Waals surface area contributed by atoms with Crippen molar-refractivity contribution in [2.75, 3.05) is 33.4 Å². The van der Waals surface area contributed by atoms with E-state index in [4.69, 9.17) is 9.47 Å². The van der Waals surface area contributed by atoms with Gasteiger partial charge < -0.3 is 19.5 Å². The normalized spacial score (nSPS) is 21.6. The van der Waals surface area contributed by atoms with Crippen molar-refractivity contribution in [1.29, 1.82) is 0 Å². The van der Waals surface area contributed by atoms with Crippen LogP contribution in [0.15, 0.2) is 47.4 Å². The molecule has 0 aliphatic carbocycles. The lowest BCUT2D eigenvalue weighted by Crippen LogP contribution is -2.52. The Morgan fingerprint density at radius 2 is 1.96 bits per heavy atom. The van der Waals surface area contributed by atoms with Gasteiger partial charge in [0, 0.05) is 19.6 Å². The zero-order valence-corrected chi connectivity index (χ0v) is 14.9. The number of hydrogen-bond acceptors (Lipinski definition) is 5. The first-order valence-electron chi connectivity index (χ1n) is 8.54. The third-order valence-electron chi connectivity index (χ3n) is 4.68. The molecule has 1 saturated heterocycles. The molecule has 1 N–H and O–H groups in total. The van der Waals surface area contributed by atoms with Crippen molar-refractivity contribution in [3.63, 3.8) is 0 Å². The molecule has 0 amide bonds. The van der Waals surface area contributed by atoms with Gasteiger partial charge in [-0.05, 0) is 36.3 Å². The molecule has 6 nitrogen and oxygen atoms in total. The highest BCUT2D eigenvalue weighted by Crippen LogP contribution is 2.31. The first kappa shape index (κ1) is 18.4. The molecular formula is C19H23FN2O4. The number of halogens is 1. The summed E-state index contributed by atoms with van der Waals surface area (Å²) in [6, 6.07) is 6.20. The number of carboxylic acids is 1. The van der Waals surface area contributed by atoms with E-state index in [-0.39, 0.29) is 17.6 Å². The van der Waals surface area contributed by atoms with Crippen LogP contribution in [0.3, 0.4) is 0 Å². The molecule has 0 bridgehead atoms.